The Morgan fingerprint density at radius 3 is 2.60 bits per heavy atom. The largest absolute Gasteiger partial charge is 0.481 e. The lowest BCUT2D eigenvalue weighted by atomic mass is 10.1. The minimum absolute atomic E-state index is 0.164. The van der Waals surface area contributed by atoms with Crippen LogP contribution in [0.5, 0.6) is 0 Å². The van der Waals surface area contributed by atoms with Gasteiger partial charge in [-0.15, -0.1) is 0 Å². The fraction of sp³-hybridized carbons (Fsp3) is 0.857. The molecule has 0 spiro atoms. The average Bonchev–Trinajstić information content (AvgIpc) is 1.87. The van der Waals surface area contributed by atoms with Gasteiger partial charge >= 0.3 is 5.97 Å². The van der Waals surface area contributed by atoms with Crippen molar-refractivity contribution in [2.24, 2.45) is 0 Å². The maximum Gasteiger partial charge on any atom is 0.303 e. The Morgan fingerprint density at radius 2 is 2.20 bits per heavy atom. The monoisotopic (exact) mass is 146 g/mol. The van der Waals surface area contributed by atoms with Crippen LogP contribution in [-0.4, -0.2) is 22.3 Å². The van der Waals surface area contributed by atoms with Crippen LogP contribution in [0.2, 0.25) is 0 Å². The summed E-state index contributed by atoms with van der Waals surface area (Å²) >= 11 is 0. The van der Waals surface area contributed by atoms with E-state index in [1.165, 1.54) is 0 Å². The summed E-state index contributed by atoms with van der Waals surface area (Å²) in [5, 5.41) is 17.2. The molecule has 3 nitrogen and oxygen atoms in total. The van der Waals surface area contributed by atoms with Crippen LogP contribution in [0.25, 0.3) is 0 Å². The molecule has 2 N–H and O–H groups in total. The fourth-order valence-corrected chi connectivity index (χ4v) is 0.693. The van der Waals surface area contributed by atoms with Gasteiger partial charge in [-0.3, -0.25) is 4.79 Å². The number of carboxylic acids is 1. The van der Waals surface area contributed by atoms with Crippen molar-refractivity contribution in [3.8, 4) is 0 Å². The molecule has 0 aliphatic rings. The normalized spacial score (nSPS) is 13.0. The second kappa shape index (κ2) is 5.23. The minimum atomic E-state index is -0.789. The van der Waals surface area contributed by atoms with Gasteiger partial charge in [0.2, 0.25) is 0 Å². The molecule has 0 amide bonds. The first-order valence-electron chi connectivity index (χ1n) is 3.56. The summed E-state index contributed by atoms with van der Waals surface area (Å²) in [5.74, 6) is -0.789. The van der Waals surface area contributed by atoms with Crippen molar-refractivity contribution in [3.63, 3.8) is 0 Å². The Labute approximate surface area is 60.7 Å². The van der Waals surface area contributed by atoms with Gasteiger partial charge in [-0.25, -0.2) is 0 Å². The van der Waals surface area contributed by atoms with E-state index in [2.05, 4.69) is 0 Å². The van der Waals surface area contributed by atoms with E-state index in [4.69, 9.17) is 10.2 Å². The van der Waals surface area contributed by atoms with Crippen molar-refractivity contribution >= 4 is 5.97 Å². The van der Waals surface area contributed by atoms with Gasteiger partial charge in [0.1, 0.15) is 0 Å². The highest BCUT2D eigenvalue weighted by Crippen LogP contribution is 2.03. The topological polar surface area (TPSA) is 57.5 Å². The number of aliphatic hydroxyl groups excluding tert-OH is 1. The molecule has 0 bridgehead atoms. The van der Waals surface area contributed by atoms with Crippen LogP contribution < -0.4 is 0 Å². The summed E-state index contributed by atoms with van der Waals surface area (Å²) in [6, 6.07) is 0. The molecular formula is C7H14O3. The van der Waals surface area contributed by atoms with Gasteiger partial charge in [0, 0.05) is 6.42 Å². The summed E-state index contributed by atoms with van der Waals surface area (Å²) in [7, 11) is 0. The van der Waals surface area contributed by atoms with Crippen molar-refractivity contribution < 1.29 is 15.0 Å². The third-order valence-electron chi connectivity index (χ3n) is 1.40. The predicted molar refractivity (Wildman–Crippen MR) is 37.8 cm³/mol. The third kappa shape index (κ3) is 5.56. The molecule has 0 aromatic carbocycles. The van der Waals surface area contributed by atoms with Crippen LogP contribution in [0.3, 0.4) is 0 Å². The zero-order valence-electron chi connectivity index (χ0n) is 6.21. The smallest absolute Gasteiger partial charge is 0.303 e. The van der Waals surface area contributed by atoms with E-state index in [1.54, 1.807) is 0 Å². The molecule has 1 atom stereocenters. The molecule has 0 saturated carbocycles. The Morgan fingerprint density at radius 1 is 1.60 bits per heavy atom. The number of hydrogen-bond donors (Lipinski definition) is 2. The fourth-order valence-electron chi connectivity index (χ4n) is 0.693. The van der Waals surface area contributed by atoms with E-state index in [0.717, 1.165) is 0 Å². The molecule has 3 heteroatoms. The van der Waals surface area contributed by atoms with Gasteiger partial charge in [-0.1, -0.05) is 6.92 Å². The lowest BCUT2D eigenvalue weighted by molar-refractivity contribution is -0.137. The van der Waals surface area contributed by atoms with Crippen LogP contribution in [0.4, 0.5) is 0 Å². The number of carbonyl (C=O) groups is 1. The molecule has 0 heterocycles. The Balaban J connectivity index is 3.11. The van der Waals surface area contributed by atoms with E-state index >= 15 is 0 Å². The summed E-state index contributed by atoms with van der Waals surface area (Å²) in [5.41, 5.74) is 0. The molecule has 0 saturated heterocycles. The Hall–Kier alpha value is -0.570. The van der Waals surface area contributed by atoms with Crippen LogP contribution in [0, 0.1) is 0 Å². The maximum absolute atomic E-state index is 9.99. The van der Waals surface area contributed by atoms with Crippen molar-refractivity contribution in [3.05, 3.63) is 0 Å². The lowest BCUT2D eigenvalue weighted by Crippen LogP contribution is -2.05. The third-order valence-corrected chi connectivity index (χ3v) is 1.40. The molecule has 0 aliphatic carbocycles. The summed E-state index contributed by atoms with van der Waals surface area (Å²) < 4.78 is 0. The summed E-state index contributed by atoms with van der Waals surface area (Å²) in [6.45, 7) is 1.88. The van der Waals surface area contributed by atoms with Crippen molar-refractivity contribution in [2.75, 3.05) is 0 Å². The van der Waals surface area contributed by atoms with Crippen molar-refractivity contribution in [2.45, 2.75) is 38.7 Å². The molecule has 0 aromatic rings. The van der Waals surface area contributed by atoms with Gasteiger partial charge in [0.15, 0.2) is 0 Å². The van der Waals surface area contributed by atoms with Gasteiger partial charge in [-0.05, 0) is 19.3 Å². The zero-order chi connectivity index (χ0) is 7.98. The molecule has 0 rings (SSSR count). The molecule has 0 radical (unpaired) electrons. The summed E-state index contributed by atoms with van der Waals surface area (Å²) in [6.07, 6.45) is 1.73. The highest BCUT2D eigenvalue weighted by Gasteiger charge is 2.01. The molecule has 0 aromatic heterocycles. The highest BCUT2D eigenvalue weighted by atomic mass is 16.4. The predicted octanol–water partition coefficient (Wildman–Crippen LogP) is 1.01. The second-order valence-corrected chi connectivity index (χ2v) is 2.35. The first-order chi connectivity index (χ1) is 4.66. The maximum atomic E-state index is 9.99. The quantitative estimate of drug-likeness (QED) is 0.608. The van der Waals surface area contributed by atoms with Crippen LogP contribution in [0.1, 0.15) is 32.6 Å². The van der Waals surface area contributed by atoms with Gasteiger partial charge in [-0.2, -0.15) is 0 Å². The first kappa shape index (κ1) is 9.43. The Kier molecular flexibility index (Phi) is 4.94. The van der Waals surface area contributed by atoms with Crippen LogP contribution >= 0.6 is 0 Å². The number of hydrogen-bond acceptors (Lipinski definition) is 2. The number of rotatable bonds is 5. The first-order valence-corrected chi connectivity index (χ1v) is 3.56. The molecular weight excluding hydrogens is 132 g/mol. The molecule has 10 heavy (non-hydrogen) atoms. The summed E-state index contributed by atoms with van der Waals surface area (Å²) in [4.78, 5) is 9.99. The zero-order valence-corrected chi connectivity index (χ0v) is 6.21. The van der Waals surface area contributed by atoms with E-state index in [1.807, 2.05) is 6.92 Å². The van der Waals surface area contributed by atoms with E-state index < -0.39 is 5.97 Å². The molecule has 0 fully saturated rings. The minimum Gasteiger partial charge on any atom is -0.481 e. The molecule has 1 unspecified atom stereocenters. The van der Waals surface area contributed by atoms with Gasteiger partial charge in [0.25, 0.3) is 0 Å². The van der Waals surface area contributed by atoms with Crippen LogP contribution in [-0.2, 0) is 4.79 Å². The standard InChI is InChI=1S/C7H14O3/c1-2-6(8)4-3-5-7(9)10/h6,8H,2-5H2,1H3,(H,9,10). The highest BCUT2D eigenvalue weighted by molar-refractivity contribution is 5.66. The van der Waals surface area contributed by atoms with E-state index in [0.29, 0.717) is 19.3 Å². The van der Waals surface area contributed by atoms with E-state index in [-0.39, 0.29) is 12.5 Å². The Bertz CT molecular complexity index is 101. The van der Waals surface area contributed by atoms with E-state index in [9.17, 15) is 4.79 Å². The second-order valence-electron chi connectivity index (χ2n) is 2.35. The van der Waals surface area contributed by atoms with Crippen molar-refractivity contribution in [1.29, 1.82) is 0 Å². The lowest BCUT2D eigenvalue weighted by Gasteiger charge is -2.04. The number of aliphatic hydroxyl groups is 1. The van der Waals surface area contributed by atoms with Gasteiger partial charge in [0.05, 0.1) is 6.10 Å². The average molecular weight is 146 g/mol. The number of carboxylic acid groups (broad SMARTS) is 1. The molecule has 0 aliphatic heterocycles. The number of aliphatic carboxylic acids is 1. The van der Waals surface area contributed by atoms with Crippen LogP contribution in [0.15, 0.2) is 0 Å². The van der Waals surface area contributed by atoms with Crippen molar-refractivity contribution in [1.82, 2.24) is 0 Å². The van der Waals surface area contributed by atoms with Gasteiger partial charge < -0.3 is 10.2 Å². The SMILES string of the molecule is CCC(O)CCCC(=O)O. The molecule has 60 valence electrons.